The molecule has 0 N–H and O–H groups in total. The van der Waals surface area contributed by atoms with Crippen LogP contribution >= 0.6 is 11.8 Å². The summed E-state index contributed by atoms with van der Waals surface area (Å²) in [4.78, 5) is 25.0. The molecule has 1 unspecified atom stereocenters. The molecular weight excluding hydrogens is 368 g/mol. The Morgan fingerprint density at radius 1 is 1.25 bits per heavy atom. The van der Waals surface area contributed by atoms with Crippen molar-refractivity contribution in [2.45, 2.75) is 37.6 Å². The van der Waals surface area contributed by atoms with Crippen LogP contribution in [-0.2, 0) is 11.3 Å². The van der Waals surface area contributed by atoms with Gasteiger partial charge in [0.25, 0.3) is 0 Å². The van der Waals surface area contributed by atoms with E-state index in [0.29, 0.717) is 11.7 Å². The first kappa shape index (κ1) is 19.0. The van der Waals surface area contributed by atoms with Gasteiger partial charge in [-0.1, -0.05) is 32.0 Å². The molecule has 0 saturated carbocycles. The van der Waals surface area contributed by atoms with Crippen LogP contribution in [0, 0.1) is 5.92 Å². The zero-order chi connectivity index (χ0) is 19.5. The van der Waals surface area contributed by atoms with E-state index >= 15 is 0 Å². The fraction of sp³-hybridized carbons (Fsp3) is 0.409. The van der Waals surface area contributed by atoms with Gasteiger partial charge in [0.15, 0.2) is 0 Å². The number of thioether (sulfide) groups is 1. The molecular formula is C22H26N4OS. The van der Waals surface area contributed by atoms with Crippen molar-refractivity contribution in [3.63, 3.8) is 0 Å². The molecule has 1 aliphatic heterocycles. The fourth-order valence-electron chi connectivity index (χ4n) is 3.81. The highest BCUT2D eigenvalue weighted by Crippen LogP contribution is 2.30. The van der Waals surface area contributed by atoms with Gasteiger partial charge < -0.3 is 9.47 Å². The molecule has 1 atom stereocenters. The van der Waals surface area contributed by atoms with Crippen molar-refractivity contribution >= 4 is 28.7 Å². The van der Waals surface area contributed by atoms with Gasteiger partial charge in [-0.3, -0.25) is 9.78 Å². The molecule has 146 valence electrons. The lowest BCUT2D eigenvalue weighted by Crippen LogP contribution is -2.30. The van der Waals surface area contributed by atoms with Gasteiger partial charge >= 0.3 is 0 Å². The first-order valence-electron chi connectivity index (χ1n) is 9.87. The zero-order valence-electron chi connectivity index (χ0n) is 16.4. The Labute approximate surface area is 170 Å². The van der Waals surface area contributed by atoms with E-state index in [0.717, 1.165) is 47.8 Å². The Balaban J connectivity index is 1.47. The molecule has 2 aromatic heterocycles. The van der Waals surface area contributed by atoms with Crippen LogP contribution in [0.3, 0.4) is 0 Å². The molecule has 1 fully saturated rings. The number of rotatable bonds is 6. The van der Waals surface area contributed by atoms with Crippen LogP contribution in [0.15, 0.2) is 53.7 Å². The van der Waals surface area contributed by atoms with Crippen molar-refractivity contribution in [1.82, 2.24) is 19.4 Å². The molecule has 1 saturated heterocycles. The number of carbonyl (C=O) groups excluding carboxylic acids is 1. The van der Waals surface area contributed by atoms with E-state index in [1.165, 1.54) is 0 Å². The SMILES string of the molecule is CC(C)Cn1c(C2CCN(C(=O)CSc3ccccc3)C2)nc2ccncc21. The van der Waals surface area contributed by atoms with Crippen LogP contribution in [0.4, 0.5) is 0 Å². The maximum atomic E-state index is 12.7. The third-order valence-electron chi connectivity index (χ3n) is 5.14. The standard InChI is InChI=1S/C22H26N4OS/c1-16(2)13-26-20-12-23-10-8-19(20)24-22(26)17-9-11-25(14-17)21(27)15-28-18-6-4-3-5-7-18/h3-8,10,12,16-17H,9,11,13-15H2,1-2H3. The van der Waals surface area contributed by atoms with E-state index in [9.17, 15) is 4.79 Å². The predicted octanol–water partition coefficient (Wildman–Crippen LogP) is 4.20. The van der Waals surface area contributed by atoms with E-state index in [1.54, 1.807) is 18.0 Å². The maximum absolute atomic E-state index is 12.7. The third kappa shape index (κ3) is 4.07. The van der Waals surface area contributed by atoms with E-state index in [4.69, 9.17) is 4.98 Å². The minimum Gasteiger partial charge on any atom is -0.341 e. The topological polar surface area (TPSA) is 51.0 Å². The second-order valence-electron chi connectivity index (χ2n) is 7.77. The highest BCUT2D eigenvalue weighted by Gasteiger charge is 2.31. The quantitative estimate of drug-likeness (QED) is 0.588. The lowest BCUT2D eigenvalue weighted by atomic mass is 10.1. The Bertz CT molecular complexity index is 954. The summed E-state index contributed by atoms with van der Waals surface area (Å²) in [5.41, 5.74) is 2.09. The average molecular weight is 395 g/mol. The Kier molecular flexibility index (Phi) is 5.67. The summed E-state index contributed by atoms with van der Waals surface area (Å²) in [5.74, 6) is 2.62. The van der Waals surface area contributed by atoms with Gasteiger partial charge in [0.1, 0.15) is 5.82 Å². The highest BCUT2D eigenvalue weighted by molar-refractivity contribution is 8.00. The summed E-state index contributed by atoms with van der Waals surface area (Å²) >= 11 is 1.61. The van der Waals surface area contributed by atoms with Crippen LogP contribution in [0.1, 0.15) is 32.0 Å². The van der Waals surface area contributed by atoms with Crippen molar-refractivity contribution in [3.05, 3.63) is 54.6 Å². The van der Waals surface area contributed by atoms with Gasteiger partial charge in [-0.15, -0.1) is 11.8 Å². The van der Waals surface area contributed by atoms with Gasteiger partial charge in [0.05, 0.1) is 23.0 Å². The fourth-order valence-corrected chi connectivity index (χ4v) is 4.63. The highest BCUT2D eigenvalue weighted by atomic mass is 32.2. The molecule has 5 nitrogen and oxygen atoms in total. The van der Waals surface area contributed by atoms with E-state index in [2.05, 4.69) is 23.4 Å². The predicted molar refractivity (Wildman–Crippen MR) is 113 cm³/mol. The van der Waals surface area contributed by atoms with Gasteiger partial charge in [-0.2, -0.15) is 0 Å². The molecule has 1 amide bonds. The number of imidazole rings is 1. The molecule has 4 rings (SSSR count). The molecule has 3 heterocycles. The number of pyridine rings is 1. The van der Waals surface area contributed by atoms with Crippen molar-refractivity contribution in [1.29, 1.82) is 0 Å². The molecule has 28 heavy (non-hydrogen) atoms. The molecule has 3 aromatic rings. The molecule has 0 spiro atoms. The summed E-state index contributed by atoms with van der Waals surface area (Å²) in [6, 6.07) is 12.1. The molecule has 0 aliphatic carbocycles. The number of hydrogen-bond donors (Lipinski definition) is 0. The first-order valence-corrected chi connectivity index (χ1v) is 10.9. The first-order chi connectivity index (χ1) is 13.6. The normalized spacial score (nSPS) is 17.0. The van der Waals surface area contributed by atoms with Crippen molar-refractivity contribution in [2.24, 2.45) is 5.92 Å². The summed E-state index contributed by atoms with van der Waals surface area (Å²) in [6.45, 7) is 6.92. The number of fused-ring (bicyclic) bond motifs is 1. The van der Waals surface area contributed by atoms with Crippen LogP contribution in [0.5, 0.6) is 0 Å². The second kappa shape index (κ2) is 8.35. The third-order valence-corrected chi connectivity index (χ3v) is 6.14. The number of aromatic nitrogens is 3. The lowest BCUT2D eigenvalue weighted by molar-refractivity contribution is -0.127. The monoisotopic (exact) mass is 394 g/mol. The van der Waals surface area contributed by atoms with Crippen LogP contribution < -0.4 is 0 Å². The van der Waals surface area contributed by atoms with E-state index in [-0.39, 0.29) is 11.8 Å². The molecule has 6 heteroatoms. The zero-order valence-corrected chi connectivity index (χ0v) is 17.2. The molecule has 1 aromatic carbocycles. The van der Waals surface area contributed by atoms with Crippen LogP contribution in [0.2, 0.25) is 0 Å². The van der Waals surface area contributed by atoms with Crippen LogP contribution in [-0.4, -0.2) is 44.2 Å². The van der Waals surface area contributed by atoms with Crippen molar-refractivity contribution in [2.75, 3.05) is 18.8 Å². The summed E-state index contributed by atoms with van der Waals surface area (Å²) in [7, 11) is 0. The Hall–Kier alpha value is -2.34. The maximum Gasteiger partial charge on any atom is 0.232 e. The van der Waals surface area contributed by atoms with Gasteiger partial charge in [0.2, 0.25) is 5.91 Å². The summed E-state index contributed by atoms with van der Waals surface area (Å²) in [5, 5.41) is 0. The Morgan fingerprint density at radius 3 is 2.86 bits per heavy atom. The van der Waals surface area contributed by atoms with Crippen molar-refractivity contribution < 1.29 is 4.79 Å². The molecule has 1 aliphatic rings. The summed E-state index contributed by atoms with van der Waals surface area (Å²) < 4.78 is 2.31. The van der Waals surface area contributed by atoms with E-state index < -0.39 is 0 Å². The lowest BCUT2D eigenvalue weighted by Gasteiger charge is -2.18. The number of amides is 1. The second-order valence-corrected chi connectivity index (χ2v) is 8.81. The number of nitrogens with zero attached hydrogens (tertiary/aromatic N) is 4. The number of likely N-dealkylation sites (tertiary alicyclic amines) is 1. The Morgan fingerprint density at radius 2 is 2.07 bits per heavy atom. The van der Waals surface area contributed by atoms with Crippen molar-refractivity contribution in [3.8, 4) is 0 Å². The number of hydrogen-bond acceptors (Lipinski definition) is 4. The minimum absolute atomic E-state index is 0.213. The van der Waals surface area contributed by atoms with Gasteiger partial charge in [0, 0.05) is 36.6 Å². The molecule has 0 radical (unpaired) electrons. The van der Waals surface area contributed by atoms with Gasteiger partial charge in [-0.25, -0.2) is 4.98 Å². The minimum atomic E-state index is 0.213. The number of benzene rings is 1. The molecule has 0 bridgehead atoms. The van der Waals surface area contributed by atoms with Gasteiger partial charge in [-0.05, 0) is 30.5 Å². The largest absolute Gasteiger partial charge is 0.341 e. The van der Waals surface area contributed by atoms with Crippen LogP contribution in [0.25, 0.3) is 11.0 Å². The average Bonchev–Trinajstić information content (AvgIpc) is 3.32. The van der Waals surface area contributed by atoms with E-state index in [1.807, 2.05) is 47.5 Å². The number of carbonyl (C=O) groups is 1. The summed E-state index contributed by atoms with van der Waals surface area (Å²) in [6.07, 6.45) is 4.67. The smallest absolute Gasteiger partial charge is 0.232 e.